The number of thioether (sulfide) groups is 1. The Morgan fingerprint density at radius 1 is 1.50 bits per heavy atom. The number of thiazole rings is 1. The first-order valence-electron chi connectivity index (χ1n) is 4.78. The minimum Gasteiger partial charge on any atom is -0.330 e. The maximum Gasteiger partial charge on any atom is 0.103 e. The van der Waals surface area contributed by atoms with Crippen molar-refractivity contribution in [2.24, 2.45) is 5.73 Å². The molecule has 0 amide bonds. The molecule has 0 aliphatic heterocycles. The van der Waals surface area contributed by atoms with Gasteiger partial charge >= 0.3 is 0 Å². The summed E-state index contributed by atoms with van der Waals surface area (Å²) in [4.78, 5) is 4.52. The summed E-state index contributed by atoms with van der Waals surface area (Å²) in [6.45, 7) is 7.37. The second-order valence-corrected chi connectivity index (χ2v) is 6.92. The van der Waals surface area contributed by atoms with Gasteiger partial charge in [-0.15, -0.1) is 23.1 Å². The maximum atomic E-state index is 5.47. The highest BCUT2D eigenvalue weighted by atomic mass is 32.2. The number of rotatable bonds is 4. The van der Waals surface area contributed by atoms with Crippen molar-refractivity contribution in [2.75, 3.05) is 6.54 Å². The zero-order valence-corrected chi connectivity index (χ0v) is 10.7. The molecular weight excluding hydrogens is 212 g/mol. The number of nitrogens with zero attached hydrogens (tertiary/aromatic N) is 1. The standard InChI is InChI=1S/C10H18N2S2/c1-10(2,3)14-7-9-12-8(4-5-11)6-13-9/h6H,4-5,7,11H2,1-3H3. The van der Waals surface area contributed by atoms with Gasteiger partial charge in [0.25, 0.3) is 0 Å². The van der Waals surface area contributed by atoms with Gasteiger partial charge in [0.1, 0.15) is 5.01 Å². The van der Waals surface area contributed by atoms with Gasteiger partial charge in [-0.3, -0.25) is 0 Å². The molecule has 0 spiro atoms. The molecule has 0 saturated heterocycles. The monoisotopic (exact) mass is 230 g/mol. The fraction of sp³-hybridized carbons (Fsp3) is 0.700. The predicted molar refractivity (Wildman–Crippen MR) is 65.9 cm³/mol. The van der Waals surface area contributed by atoms with Gasteiger partial charge in [0.05, 0.1) is 5.69 Å². The SMILES string of the molecule is CC(C)(C)SCc1nc(CCN)cs1. The Morgan fingerprint density at radius 2 is 2.21 bits per heavy atom. The van der Waals surface area contributed by atoms with Gasteiger partial charge in [-0.05, 0) is 6.54 Å². The van der Waals surface area contributed by atoms with Crippen molar-refractivity contribution in [3.05, 3.63) is 16.1 Å². The van der Waals surface area contributed by atoms with Crippen LogP contribution in [0.5, 0.6) is 0 Å². The summed E-state index contributed by atoms with van der Waals surface area (Å²) in [5.41, 5.74) is 6.61. The van der Waals surface area contributed by atoms with Crippen LogP contribution in [0.3, 0.4) is 0 Å². The molecule has 0 aliphatic rings. The molecule has 80 valence electrons. The Hall–Kier alpha value is -0.0600. The summed E-state index contributed by atoms with van der Waals surface area (Å²) in [5, 5.41) is 3.33. The lowest BCUT2D eigenvalue weighted by Gasteiger charge is -2.16. The van der Waals surface area contributed by atoms with Crippen LogP contribution < -0.4 is 5.73 Å². The van der Waals surface area contributed by atoms with Crippen LogP contribution in [0.2, 0.25) is 0 Å². The van der Waals surface area contributed by atoms with Gasteiger partial charge in [0.2, 0.25) is 0 Å². The molecular formula is C10H18N2S2. The summed E-state index contributed by atoms with van der Waals surface area (Å²) >= 11 is 3.68. The smallest absolute Gasteiger partial charge is 0.103 e. The highest BCUT2D eigenvalue weighted by molar-refractivity contribution is 7.99. The normalized spacial score (nSPS) is 12.0. The third-order valence-electron chi connectivity index (χ3n) is 1.63. The van der Waals surface area contributed by atoms with E-state index in [0.717, 1.165) is 17.9 Å². The highest BCUT2D eigenvalue weighted by Gasteiger charge is 2.11. The van der Waals surface area contributed by atoms with Crippen LogP contribution in [0.1, 0.15) is 31.5 Å². The van der Waals surface area contributed by atoms with Crippen LogP contribution in [0.4, 0.5) is 0 Å². The Morgan fingerprint density at radius 3 is 2.79 bits per heavy atom. The molecule has 2 nitrogen and oxygen atoms in total. The van der Waals surface area contributed by atoms with Crippen LogP contribution in [0.15, 0.2) is 5.38 Å². The first-order chi connectivity index (χ1) is 6.51. The van der Waals surface area contributed by atoms with E-state index in [2.05, 4.69) is 31.1 Å². The minimum absolute atomic E-state index is 0.319. The molecule has 1 heterocycles. The second-order valence-electron chi connectivity index (χ2n) is 4.17. The first kappa shape index (κ1) is 12.0. The van der Waals surface area contributed by atoms with Gasteiger partial charge in [0, 0.05) is 22.3 Å². The number of aromatic nitrogens is 1. The van der Waals surface area contributed by atoms with Gasteiger partial charge in [-0.25, -0.2) is 4.98 Å². The first-order valence-corrected chi connectivity index (χ1v) is 6.65. The van der Waals surface area contributed by atoms with E-state index < -0.39 is 0 Å². The van der Waals surface area contributed by atoms with E-state index in [4.69, 9.17) is 5.73 Å². The van der Waals surface area contributed by atoms with Crippen LogP contribution in [0.25, 0.3) is 0 Å². The third kappa shape index (κ3) is 4.44. The zero-order chi connectivity index (χ0) is 10.6. The average Bonchev–Trinajstić information content (AvgIpc) is 2.49. The highest BCUT2D eigenvalue weighted by Crippen LogP contribution is 2.28. The number of hydrogen-bond acceptors (Lipinski definition) is 4. The average molecular weight is 230 g/mol. The van der Waals surface area contributed by atoms with E-state index in [0.29, 0.717) is 11.3 Å². The Balaban J connectivity index is 2.44. The van der Waals surface area contributed by atoms with E-state index in [1.165, 1.54) is 5.01 Å². The van der Waals surface area contributed by atoms with Crippen molar-refractivity contribution in [3.8, 4) is 0 Å². The van der Waals surface area contributed by atoms with E-state index in [1.54, 1.807) is 11.3 Å². The van der Waals surface area contributed by atoms with Crippen LogP contribution >= 0.6 is 23.1 Å². The van der Waals surface area contributed by atoms with Gasteiger partial charge in [-0.2, -0.15) is 0 Å². The quantitative estimate of drug-likeness (QED) is 0.864. The third-order valence-corrected chi connectivity index (χ3v) is 3.99. The van der Waals surface area contributed by atoms with Crippen molar-refractivity contribution < 1.29 is 0 Å². The van der Waals surface area contributed by atoms with Gasteiger partial charge in [0.15, 0.2) is 0 Å². The Labute approximate surface area is 94.3 Å². The lowest BCUT2D eigenvalue weighted by atomic mass is 10.3. The van der Waals surface area contributed by atoms with Gasteiger partial charge < -0.3 is 5.73 Å². The van der Waals surface area contributed by atoms with E-state index in [9.17, 15) is 0 Å². The molecule has 0 saturated carbocycles. The predicted octanol–water partition coefficient (Wildman–Crippen LogP) is 2.68. The number of nitrogens with two attached hydrogens (primary N) is 1. The summed E-state index contributed by atoms with van der Waals surface area (Å²) in [6.07, 6.45) is 0.899. The summed E-state index contributed by atoms with van der Waals surface area (Å²) in [5.74, 6) is 1.01. The molecule has 0 atom stereocenters. The molecule has 0 aromatic carbocycles. The molecule has 4 heteroatoms. The Bertz CT molecular complexity index is 276. The van der Waals surface area contributed by atoms with Crippen molar-refractivity contribution >= 4 is 23.1 Å². The molecule has 0 bridgehead atoms. The van der Waals surface area contributed by atoms with E-state index in [-0.39, 0.29) is 0 Å². The molecule has 0 unspecified atom stereocenters. The fourth-order valence-corrected chi connectivity index (χ4v) is 2.64. The summed E-state index contributed by atoms with van der Waals surface area (Å²) in [6, 6.07) is 0. The van der Waals surface area contributed by atoms with Crippen LogP contribution in [0, 0.1) is 0 Å². The van der Waals surface area contributed by atoms with Crippen molar-refractivity contribution in [3.63, 3.8) is 0 Å². The van der Waals surface area contributed by atoms with Crippen LogP contribution in [-0.4, -0.2) is 16.3 Å². The molecule has 0 fully saturated rings. The molecule has 1 aromatic rings. The van der Waals surface area contributed by atoms with Crippen molar-refractivity contribution in [1.82, 2.24) is 4.98 Å². The second kappa shape index (κ2) is 5.14. The van der Waals surface area contributed by atoms with E-state index in [1.807, 2.05) is 11.8 Å². The maximum absolute atomic E-state index is 5.47. The van der Waals surface area contributed by atoms with Crippen molar-refractivity contribution in [2.45, 2.75) is 37.7 Å². The summed E-state index contributed by atoms with van der Waals surface area (Å²) in [7, 11) is 0. The van der Waals surface area contributed by atoms with Crippen LogP contribution in [-0.2, 0) is 12.2 Å². The molecule has 1 rings (SSSR count). The lowest BCUT2D eigenvalue weighted by Crippen LogP contribution is -2.07. The Kier molecular flexibility index (Phi) is 4.41. The molecule has 2 N–H and O–H groups in total. The molecule has 0 radical (unpaired) electrons. The number of hydrogen-bond donors (Lipinski definition) is 1. The fourth-order valence-electron chi connectivity index (χ4n) is 0.956. The zero-order valence-electron chi connectivity index (χ0n) is 9.04. The molecule has 14 heavy (non-hydrogen) atoms. The largest absolute Gasteiger partial charge is 0.330 e. The molecule has 0 aliphatic carbocycles. The minimum atomic E-state index is 0.319. The molecule has 1 aromatic heterocycles. The lowest BCUT2D eigenvalue weighted by molar-refractivity contribution is 0.802. The van der Waals surface area contributed by atoms with E-state index >= 15 is 0 Å². The topological polar surface area (TPSA) is 38.9 Å². The summed E-state index contributed by atoms with van der Waals surface area (Å²) < 4.78 is 0.319. The van der Waals surface area contributed by atoms with Crippen molar-refractivity contribution in [1.29, 1.82) is 0 Å². The van der Waals surface area contributed by atoms with Gasteiger partial charge in [-0.1, -0.05) is 20.8 Å².